The van der Waals surface area contributed by atoms with Gasteiger partial charge in [-0.2, -0.15) is 0 Å². The van der Waals surface area contributed by atoms with Gasteiger partial charge < -0.3 is 29.7 Å². The largest absolute Gasteiger partial charge is 0.500 e. The first-order chi connectivity index (χ1) is 15.8. The quantitative estimate of drug-likeness (QED) is 0.398. The molecule has 0 amide bonds. The first-order valence-electron chi connectivity index (χ1n) is 11.3. The van der Waals surface area contributed by atoms with E-state index in [1.165, 1.54) is 28.4 Å². The Kier molecular flexibility index (Phi) is 8.33. The number of hydrogen-bond donors (Lipinski definition) is 1. The summed E-state index contributed by atoms with van der Waals surface area (Å²) < 4.78 is 17.0. The van der Waals surface area contributed by atoms with Crippen LogP contribution in [0.4, 0.5) is 11.5 Å². The molecule has 33 heavy (non-hydrogen) atoms. The zero-order valence-corrected chi connectivity index (χ0v) is 21.7. The maximum atomic E-state index is 6.21. The fourth-order valence-electron chi connectivity index (χ4n) is 4.13. The molecule has 0 spiro atoms. The molecule has 0 atom stereocenters. The summed E-state index contributed by atoms with van der Waals surface area (Å²) >= 11 is 1.72. The number of nitrogens with zero attached hydrogens (tertiary/aromatic N) is 4. The average Bonchev–Trinajstić information content (AvgIpc) is 3.13. The molecule has 2 aromatic rings. The number of aromatic nitrogens is 1. The number of methoxy groups -OCH3 is 1. The SMILES string of the molecule is CN.CO/C(C)=C\N(C)C=Nc1c(C)sc2nc(N3CCOCC3)c3c(c12)CC(C)(C)OC3. The molecule has 1 saturated heterocycles. The van der Waals surface area contributed by atoms with Crippen molar-refractivity contribution in [3.63, 3.8) is 0 Å². The van der Waals surface area contributed by atoms with Crippen LogP contribution in [0.5, 0.6) is 0 Å². The van der Waals surface area contributed by atoms with E-state index in [0.29, 0.717) is 6.61 Å². The molecule has 2 aliphatic rings. The second-order valence-corrected chi connectivity index (χ2v) is 9.96. The number of nitrogens with two attached hydrogens (primary N) is 1. The molecule has 0 unspecified atom stereocenters. The molecule has 8 nitrogen and oxygen atoms in total. The lowest BCUT2D eigenvalue weighted by atomic mass is 9.89. The zero-order valence-electron chi connectivity index (χ0n) is 20.9. The molecule has 0 aromatic carbocycles. The lowest BCUT2D eigenvalue weighted by molar-refractivity contribution is -0.0396. The van der Waals surface area contributed by atoms with E-state index in [9.17, 15) is 0 Å². The van der Waals surface area contributed by atoms with Crippen molar-refractivity contribution in [1.82, 2.24) is 9.88 Å². The molecule has 0 bridgehead atoms. The summed E-state index contributed by atoms with van der Waals surface area (Å²) in [7, 11) is 5.12. The Morgan fingerprint density at radius 1 is 1.27 bits per heavy atom. The van der Waals surface area contributed by atoms with Crippen molar-refractivity contribution < 1.29 is 14.2 Å². The first-order valence-corrected chi connectivity index (χ1v) is 12.1. The number of aliphatic imine (C=N–C) groups is 1. The van der Waals surface area contributed by atoms with Gasteiger partial charge in [-0.1, -0.05) is 0 Å². The van der Waals surface area contributed by atoms with Crippen LogP contribution in [0, 0.1) is 6.92 Å². The number of hydrogen-bond acceptors (Lipinski definition) is 8. The molecule has 2 aromatic heterocycles. The Morgan fingerprint density at radius 3 is 2.64 bits per heavy atom. The van der Waals surface area contributed by atoms with E-state index in [0.717, 1.165) is 54.8 Å². The minimum Gasteiger partial charge on any atom is -0.500 e. The molecule has 4 heterocycles. The van der Waals surface area contributed by atoms with Gasteiger partial charge in [-0.25, -0.2) is 9.98 Å². The standard InChI is InChI=1S/C23H32N4O3S.CH5N/c1-15(28-6)12-26(5)14-24-20-16(2)31-22-19(20)17-11-23(3,4)30-13-18(17)21(25-22)27-7-9-29-10-8-27;1-2/h12,14H,7-11,13H2,1-6H3;2H2,1H3/b15-12-,24-14?;. The number of aryl methyl sites for hydroxylation is 1. The summed E-state index contributed by atoms with van der Waals surface area (Å²) in [5.74, 6) is 1.88. The third-order valence-electron chi connectivity index (χ3n) is 5.77. The van der Waals surface area contributed by atoms with Gasteiger partial charge in [-0.3, -0.25) is 0 Å². The van der Waals surface area contributed by atoms with Gasteiger partial charge in [-0.05, 0) is 40.3 Å². The van der Waals surface area contributed by atoms with Gasteiger partial charge in [-0.15, -0.1) is 11.3 Å². The van der Waals surface area contributed by atoms with Gasteiger partial charge in [0.15, 0.2) is 0 Å². The molecule has 1 fully saturated rings. The minimum atomic E-state index is -0.213. The highest BCUT2D eigenvalue weighted by atomic mass is 32.1. The highest BCUT2D eigenvalue weighted by Gasteiger charge is 2.33. The van der Waals surface area contributed by atoms with Crippen LogP contribution < -0.4 is 10.6 Å². The van der Waals surface area contributed by atoms with E-state index in [-0.39, 0.29) is 5.60 Å². The fourth-order valence-corrected chi connectivity index (χ4v) is 5.12. The molecule has 2 aliphatic heterocycles. The van der Waals surface area contributed by atoms with Gasteiger partial charge in [0.05, 0.1) is 44.6 Å². The summed E-state index contributed by atoms with van der Waals surface area (Å²) in [6.07, 6.45) is 4.59. The van der Waals surface area contributed by atoms with Gasteiger partial charge in [0.1, 0.15) is 16.4 Å². The number of ether oxygens (including phenoxy) is 3. The van der Waals surface area contributed by atoms with E-state index in [2.05, 4.69) is 31.4 Å². The van der Waals surface area contributed by atoms with Gasteiger partial charge in [0.2, 0.25) is 0 Å². The summed E-state index contributed by atoms with van der Waals surface area (Å²) in [4.78, 5) is 16.5. The lowest BCUT2D eigenvalue weighted by Crippen LogP contribution is -2.39. The Balaban J connectivity index is 0.00000149. The lowest BCUT2D eigenvalue weighted by Gasteiger charge is -2.36. The van der Waals surface area contributed by atoms with Crippen molar-refractivity contribution in [2.45, 2.75) is 46.3 Å². The van der Waals surface area contributed by atoms with Crippen molar-refractivity contribution in [2.75, 3.05) is 52.4 Å². The third-order valence-corrected chi connectivity index (χ3v) is 6.76. The van der Waals surface area contributed by atoms with E-state index in [1.54, 1.807) is 18.4 Å². The van der Waals surface area contributed by atoms with Crippen LogP contribution in [0.2, 0.25) is 0 Å². The zero-order chi connectivity index (χ0) is 24.2. The molecule has 4 rings (SSSR count). The van der Waals surface area contributed by atoms with Crippen LogP contribution in [0.25, 0.3) is 10.2 Å². The van der Waals surface area contributed by atoms with Crippen molar-refractivity contribution in [2.24, 2.45) is 10.7 Å². The van der Waals surface area contributed by atoms with Crippen LogP contribution in [-0.2, 0) is 27.2 Å². The van der Waals surface area contributed by atoms with Gasteiger partial charge in [0, 0.05) is 48.6 Å². The van der Waals surface area contributed by atoms with Gasteiger partial charge >= 0.3 is 0 Å². The summed E-state index contributed by atoms with van der Waals surface area (Å²) in [5.41, 5.74) is 7.82. The Labute approximate surface area is 201 Å². The summed E-state index contributed by atoms with van der Waals surface area (Å²) in [6.45, 7) is 12.1. The summed E-state index contributed by atoms with van der Waals surface area (Å²) in [5, 5.41) is 1.17. The van der Waals surface area contributed by atoms with Crippen molar-refractivity contribution in [1.29, 1.82) is 0 Å². The predicted octanol–water partition coefficient (Wildman–Crippen LogP) is 3.97. The second kappa shape index (κ2) is 10.8. The number of thiophene rings is 1. The Bertz CT molecular complexity index is 1030. The van der Waals surface area contributed by atoms with Crippen LogP contribution in [0.3, 0.4) is 0 Å². The molecule has 2 N–H and O–H groups in total. The molecule has 0 aliphatic carbocycles. The monoisotopic (exact) mass is 475 g/mol. The van der Waals surface area contributed by atoms with E-state index in [4.69, 9.17) is 24.2 Å². The predicted molar refractivity (Wildman–Crippen MR) is 137 cm³/mol. The molecular weight excluding hydrogens is 438 g/mol. The smallest absolute Gasteiger partial charge is 0.136 e. The molecule has 9 heteroatoms. The van der Waals surface area contributed by atoms with Crippen molar-refractivity contribution in [3.8, 4) is 0 Å². The van der Waals surface area contributed by atoms with Crippen LogP contribution >= 0.6 is 11.3 Å². The molecular formula is C24H37N5O3S. The van der Waals surface area contributed by atoms with Crippen molar-refractivity contribution >= 4 is 39.4 Å². The topological polar surface area (TPSA) is 85.4 Å². The summed E-state index contributed by atoms with van der Waals surface area (Å²) in [6, 6.07) is 0. The van der Waals surface area contributed by atoms with Crippen LogP contribution in [0.15, 0.2) is 17.0 Å². The van der Waals surface area contributed by atoms with E-state index in [1.807, 2.05) is 31.4 Å². The highest BCUT2D eigenvalue weighted by molar-refractivity contribution is 7.19. The first kappa shape index (κ1) is 25.4. The fraction of sp³-hybridized carbons (Fsp3) is 0.583. The molecule has 0 saturated carbocycles. The van der Waals surface area contributed by atoms with Crippen LogP contribution in [-0.4, -0.2) is 69.3 Å². The number of morpholine rings is 1. The van der Waals surface area contributed by atoms with Crippen LogP contribution in [0.1, 0.15) is 36.8 Å². The average molecular weight is 476 g/mol. The number of anilines is 1. The van der Waals surface area contributed by atoms with Crippen molar-refractivity contribution in [3.05, 3.63) is 28.0 Å². The second-order valence-electron chi connectivity index (χ2n) is 8.76. The number of rotatable bonds is 5. The maximum Gasteiger partial charge on any atom is 0.136 e. The Morgan fingerprint density at radius 2 is 1.97 bits per heavy atom. The number of pyridine rings is 1. The molecule has 0 radical (unpaired) electrons. The molecule has 182 valence electrons. The highest BCUT2D eigenvalue weighted by Crippen LogP contribution is 2.45. The Hall–Kier alpha value is -2.20. The normalized spacial score (nSPS) is 18.2. The third kappa shape index (κ3) is 5.66. The van der Waals surface area contributed by atoms with E-state index < -0.39 is 0 Å². The van der Waals surface area contributed by atoms with E-state index >= 15 is 0 Å². The number of allylic oxidation sites excluding steroid dienone is 1. The maximum absolute atomic E-state index is 6.21. The number of fused-ring (bicyclic) bond motifs is 3. The van der Waals surface area contributed by atoms with Gasteiger partial charge in [0.25, 0.3) is 0 Å². The minimum absolute atomic E-state index is 0.213.